The first-order chi connectivity index (χ1) is 12.6. The zero-order chi connectivity index (χ0) is 20.2. The largest absolute Gasteiger partial charge is 0.323 e. The summed E-state index contributed by atoms with van der Waals surface area (Å²) in [5.41, 5.74) is 1.85. The van der Waals surface area contributed by atoms with Gasteiger partial charge >= 0.3 is 0 Å². The monoisotopic (exact) mass is 426 g/mol. The summed E-state index contributed by atoms with van der Waals surface area (Å²) in [6, 6.07) is 11.4. The number of carbonyl (C=O) groups excluding carboxylic acids is 1. The lowest BCUT2D eigenvalue weighted by Crippen LogP contribution is -2.45. The Morgan fingerprint density at radius 3 is 2.52 bits per heavy atom. The molecule has 2 rings (SSSR count). The van der Waals surface area contributed by atoms with E-state index in [0.29, 0.717) is 16.4 Å². The fraction of sp³-hybridized carbons (Fsp3) is 0.316. The molecule has 0 aromatic heterocycles. The molecule has 0 fully saturated rings. The van der Waals surface area contributed by atoms with E-state index >= 15 is 0 Å². The molecule has 27 heavy (non-hydrogen) atoms. The summed E-state index contributed by atoms with van der Waals surface area (Å²) < 4.78 is 25.9. The normalized spacial score (nSPS) is 12.5. The summed E-state index contributed by atoms with van der Waals surface area (Å²) in [5.74, 6) is 0.445. The number of halogens is 1. The molecule has 0 saturated heterocycles. The van der Waals surface area contributed by atoms with Crippen LogP contribution in [0.4, 0.5) is 11.4 Å². The maximum Gasteiger partial charge on any atom is 0.248 e. The Bertz CT molecular complexity index is 932. The molecule has 2 aromatic carbocycles. The minimum Gasteiger partial charge on any atom is -0.323 e. The average Bonchev–Trinajstić information content (AvgIpc) is 2.59. The molecule has 0 spiro atoms. The van der Waals surface area contributed by atoms with Gasteiger partial charge in [0, 0.05) is 9.92 Å². The molecule has 0 unspecified atom stereocenters. The molecule has 0 heterocycles. The molecule has 0 aliphatic heterocycles. The number of benzene rings is 2. The second kappa shape index (κ2) is 8.99. The van der Waals surface area contributed by atoms with E-state index in [4.69, 9.17) is 11.6 Å². The highest BCUT2D eigenvalue weighted by atomic mass is 35.5. The molecule has 0 aliphatic rings. The predicted octanol–water partition coefficient (Wildman–Crippen LogP) is 4.55. The van der Waals surface area contributed by atoms with Crippen LogP contribution in [0.1, 0.15) is 19.4 Å². The summed E-state index contributed by atoms with van der Waals surface area (Å²) in [6.07, 6.45) is 1.07. The molecule has 0 aliphatic carbocycles. The molecule has 0 saturated carbocycles. The molecule has 8 heteroatoms. The molecular formula is C19H23ClN2O3S2. The lowest BCUT2D eigenvalue weighted by atomic mass is 10.2. The van der Waals surface area contributed by atoms with Crippen LogP contribution in [-0.2, 0) is 14.8 Å². The number of amides is 1. The van der Waals surface area contributed by atoms with E-state index < -0.39 is 22.0 Å². The van der Waals surface area contributed by atoms with Gasteiger partial charge in [-0.2, -0.15) is 0 Å². The van der Waals surface area contributed by atoms with Crippen LogP contribution >= 0.6 is 23.4 Å². The number of anilines is 2. The van der Waals surface area contributed by atoms with Crippen molar-refractivity contribution in [2.24, 2.45) is 0 Å². The number of nitrogens with one attached hydrogen (secondary N) is 1. The lowest BCUT2D eigenvalue weighted by Gasteiger charge is -2.28. The van der Waals surface area contributed by atoms with Crippen molar-refractivity contribution >= 4 is 50.7 Å². The van der Waals surface area contributed by atoms with Gasteiger partial charge in [0.25, 0.3) is 0 Å². The van der Waals surface area contributed by atoms with Crippen molar-refractivity contribution in [2.45, 2.75) is 31.7 Å². The Labute approximate surface area is 170 Å². The number of rotatable bonds is 7. The highest BCUT2D eigenvalue weighted by Crippen LogP contribution is 2.29. The summed E-state index contributed by atoms with van der Waals surface area (Å²) in [5, 5.41) is 3.29. The number of hydrogen-bond donors (Lipinski definition) is 1. The van der Waals surface area contributed by atoms with Gasteiger partial charge in [-0.1, -0.05) is 36.7 Å². The van der Waals surface area contributed by atoms with E-state index in [0.717, 1.165) is 26.8 Å². The van der Waals surface area contributed by atoms with Crippen LogP contribution in [0.25, 0.3) is 0 Å². The van der Waals surface area contributed by atoms with Crippen LogP contribution in [0.15, 0.2) is 47.4 Å². The second-order valence-corrected chi connectivity index (χ2v) is 9.66. The summed E-state index contributed by atoms with van der Waals surface area (Å²) in [7, 11) is -3.70. The third-order valence-electron chi connectivity index (χ3n) is 3.94. The first kappa shape index (κ1) is 21.6. The van der Waals surface area contributed by atoms with Crippen molar-refractivity contribution in [3.8, 4) is 0 Å². The van der Waals surface area contributed by atoms with Gasteiger partial charge in [0.05, 0.1) is 17.6 Å². The number of thioether (sulfide) groups is 1. The predicted molar refractivity (Wildman–Crippen MR) is 114 cm³/mol. The summed E-state index contributed by atoms with van der Waals surface area (Å²) >= 11 is 7.76. The van der Waals surface area contributed by atoms with E-state index in [1.807, 2.05) is 32.0 Å². The minimum atomic E-state index is -3.70. The quantitative estimate of drug-likeness (QED) is 0.659. The van der Waals surface area contributed by atoms with E-state index in [1.165, 1.54) is 0 Å². The van der Waals surface area contributed by atoms with E-state index in [2.05, 4.69) is 5.32 Å². The zero-order valence-electron chi connectivity index (χ0n) is 15.7. The van der Waals surface area contributed by atoms with Crippen LogP contribution in [0.3, 0.4) is 0 Å². The second-order valence-electron chi connectivity index (χ2n) is 6.09. The number of para-hydroxylation sites is 1. The smallest absolute Gasteiger partial charge is 0.248 e. The number of carbonyl (C=O) groups is 1. The van der Waals surface area contributed by atoms with Gasteiger partial charge in [-0.05, 0) is 49.4 Å². The number of aryl methyl sites for hydroxylation is 1. The SMILES string of the molecule is CCSc1ccccc1NC(=O)[C@H](C)N(c1ccc(C)c(Cl)c1)S(C)(=O)=O. The van der Waals surface area contributed by atoms with Crippen LogP contribution in [0.2, 0.25) is 5.02 Å². The lowest BCUT2D eigenvalue weighted by molar-refractivity contribution is -0.116. The van der Waals surface area contributed by atoms with Gasteiger partial charge in [0.2, 0.25) is 15.9 Å². The molecule has 1 amide bonds. The Morgan fingerprint density at radius 2 is 1.93 bits per heavy atom. The standard InChI is InChI=1S/C19H23ClN2O3S2/c1-5-26-18-9-7-6-8-17(18)21-19(23)14(3)22(27(4,24)25)15-11-10-13(2)16(20)12-15/h6-12,14H,5H2,1-4H3,(H,21,23)/t14-/m0/s1. The molecule has 1 N–H and O–H groups in total. The van der Waals surface area contributed by atoms with E-state index in [-0.39, 0.29) is 0 Å². The van der Waals surface area contributed by atoms with Gasteiger partial charge < -0.3 is 5.32 Å². The Kier molecular flexibility index (Phi) is 7.19. The molecule has 146 valence electrons. The Morgan fingerprint density at radius 1 is 1.26 bits per heavy atom. The first-order valence-electron chi connectivity index (χ1n) is 8.43. The van der Waals surface area contributed by atoms with Crippen molar-refractivity contribution in [2.75, 3.05) is 21.6 Å². The Balaban J connectivity index is 2.34. The van der Waals surface area contributed by atoms with Gasteiger partial charge in [0.15, 0.2) is 0 Å². The van der Waals surface area contributed by atoms with E-state index in [9.17, 15) is 13.2 Å². The first-order valence-corrected chi connectivity index (χ1v) is 11.6. The van der Waals surface area contributed by atoms with Crippen LogP contribution in [0, 0.1) is 6.92 Å². The number of nitrogens with zero attached hydrogens (tertiary/aromatic N) is 1. The fourth-order valence-electron chi connectivity index (χ4n) is 2.62. The fourth-order valence-corrected chi connectivity index (χ4v) is 4.72. The molecule has 5 nitrogen and oxygen atoms in total. The maximum atomic E-state index is 12.8. The summed E-state index contributed by atoms with van der Waals surface area (Å²) in [4.78, 5) is 13.8. The molecular weight excluding hydrogens is 404 g/mol. The van der Waals surface area contributed by atoms with Crippen LogP contribution in [0.5, 0.6) is 0 Å². The van der Waals surface area contributed by atoms with Crippen molar-refractivity contribution in [3.05, 3.63) is 53.1 Å². The van der Waals surface area contributed by atoms with E-state index in [1.54, 1.807) is 43.0 Å². The van der Waals surface area contributed by atoms with Gasteiger partial charge in [-0.25, -0.2) is 8.42 Å². The van der Waals surface area contributed by atoms with Gasteiger partial charge in [0.1, 0.15) is 6.04 Å². The Hall–Kier alpha value is -1.70. The zero-order valence-corrected chi connectivity index (χ0v) is 18.1. The van der Waals surface area contributed by atoms with Gasteiger partial charge in [-0.3, -0.25) is 9.10 Å². The van der Waals surface area contributed by atoms with Crippen molar-refractivity contribution < 1.29 is 13.2 Å². The number of sulfonamides is 1. The highest BCUT2D eigenvalue weighted by molar-refractivity contribution is 7.99. The average molecular weight is 427 g/mol. The number of hydrogen-bond acceptors (Lipinski definition) is 4. The van der Waals surface area contributed by atoms with Crippen LogP contribution in [-0.4, -0.2) is 32.4 Å². The van der Waals surface area contributed by atoms with Gasteiger partial charge in [-0.15, -0.1) is 11.8 Å². The van der Waals surface area contributed by atoms with Crippen molar-refractivity contribution in [3.63, 3.8) is 0 Å². The molecule has 2 aromatic rings. The third-order valence-corrected chi connectivity index (χ3v) is 6.55. The highest BCUT2D eigenvalue weighted by Gasteiger charge is 2.29. The van der Waals surface area contributed by atoms with Crippen molar-refractivity contribution in [1.82, 2.24) is 0 Å². The van der Waals surface area contributed by atoms with Crippen LogP contribution < -0.4 is 9.62 Å². The maximum absolute atomic E-state index is 12.8. The summed E-state index contributed by atoms with van der Waals surface area (Å²) in [6.45, 7) is 5.41. The molecule has 0 radical (unpaired) electrons. The molecule has 1 atom stereocenters. The van der Waals surface area contributed by atoms with Crippen molar-refractivity contribution in [1.29, 1.82) is 0 Å². The minimum absolute atomic E-state index is 0.354. The molecule has 0 bridgehead atoms. The third kappa shape index (κ3) is 5.40. The topological polar surface area (TPSA) is 66.5 Å².